The number of anilines is 2. The third-order valence-corrected chi connectivity index (χ3v) is 3.79. The average Bonchev–Trinajstić information content (AvgIpc) is 3.39. The van der Waals surface area contributed by atoms with Crippen molar-refractivity contribution < 1.29 is 9.59 Å². The predicted octanol–water partition coefficient (Wildman–Crippen LogP) is 3.93. The summed E-state index contributed by atoms with van der Waals surface area (Å²) in [6, 6.07) is 15.1. The van der Waals surface area contributed by atoms with Crippen molar-refractivity contribution in [2.75, 3.05) is 10.6 Å². The van der Waals surface area contributed by atoms with E-state index in [0.29, 0.717) is 17.4 Å². The summed E-state index contributed by atoms with van der Waals surface area (Å²) in [5.74, 6) is -0.200. The van der Waals surface area contributed by atoms with Gasteiger partial charge in [0.15, 0.2) is 0 Å². The first-order valence-electron chi connectivity index (χ1n) is 8.32. The Morgan fingerprint density at radius 2 is 1.68 bits per heavy atom. The molecular formula is C20H21N3O2. The smallest absolute Gasteiger partial charge is 0.319 e. The zero-order valence-corrected chi connectivity index (χ0v) is 14.1. The minimum absolute atomic E-state index is 0.194. The van der Waals surface area contributed by atoms with Gasteiger partial charge in [0.2, 0.25) is 5.91 Å². The molecule has 0 saturated heterocycles. The molecule has 25 heavy (non-hydrogen) atoms. The fourth-order valence-corrected chi connectivity index (χ4v) is 2.35. The zero-order chi connectivity index (χ0) is 17.6. The van der Waals surface area contributed by atoms with Crippen molar-refractivity contribution in [3.63, 3.8) is 0 Å². The number of rotatable bonds is 5. The van der Waals surface area contributed by atoms with Crippen LogP contribution in [0.5, 0.6) is 0 Å². The summed E-state index contributed by atoms with van der Waals surface area (Å²) in [6.07, 6.45) is 5.38. The molecule has 3 rings (SSSR count). The second-order valence-corrected chi connectivity index (χ2v) is 6.19. The Morgan fingerprint density at radius 3 is 2.32 bits per heavy atom. The molecule has 0 aromatic heterocycles. The molecule has 1 aliphatic rings. The fourth-order valence-electron chi connectivity index (χ4n) is 2.35. The van der Waals surface area contributed by atoms with Crippen LogP contribution in [0.1, 0.15) is 24.0 Å². The van der Waals surface area contributed by atoms with Gasteiger partial charge in [-0.3, -0.25) is 4.79 Å². The minimum atomic E-state index is -0.200. The van der Waals surface area contributed by atoms with Crippen LogP contribution in [-0.4, -0.2) is 18.0 Å². The van der Waals surface area contributed by atoms with Crippen LogP contribution >= 0.6 is 0 Å². The van der Waals surface area contributed by atoms with Gasteiger partial charge in [0.05, 0.1) is 0 Å². The van der Waals surface area contributed by atoms with E-state index in [2.05, 4.69) is 16.0 Å². The van der Waals surface area contributed by atoms with Crippen molar-refractivity contribution in [1.29, 1.82) is 0 Å². The molecule has 3 amide bonds. The Kier molecular flexibility index (Phi) is 5.14. The van der Waals surface area contributed by atoms with Crippen molar-refractivity contribution in [2.24, 2.45) is 0 Å². The van der Waals surface area contributed by atoms with Gasteiger partial charge >= 0.3 is 6.03 Å². The molecule has 0 spiro atoms. The highest BCUT2D eigenvalue weighted by Gasteiger charge is 2.23. The SMILES string of the molecule is Cc1cccc(/C=C/C(=O)Nc2ccc(NC(=O)NC3CC3)cc2)c1. The van der Waals surface area contributed by atoms with Gasteiger partial charge in [0.1, 0.15) is 0 Å². The van der Waals surface area contributed by atoms with Gasteiger partial charge in [0, 0.05) is 23.5 Å². The fraction of sp³-hybridized carbons (Fsp3) is 0.200. The van der Waals surface area contributed by atoms with E-state index in [-0.39, 0.29) is 11.9 Å². The summed E-state index contributed by atoms with van der Waals surface area (Å²) in [5.41, 5.74) is 3.49. The zero-order valence-electron chi connectivity index (χ0n) is 14.1. The van der Waals surface area contributed by atoms with Crippen LogP contribution in [-0.2, 0) is 4.79 Å². The van der Waals surface area contributed by atoms with Gasteiger partial charge < -0.3 is 16.0 Å². The van der Waals surface area contributed by atoms with E-state index in [0.717, 1.165) is 24.0 Å². The molecule has 5 nitrogen and oxygen atoms in total. The van der Waals surface area contributed by atoms with Crippen LogP contribution in [0.3, 0.4) is 0 Å². The lowest BCUT2D eigenvalue weighted by Crippen LogP contribution is -2.30. The van der Waals surface area contributed by atoms with Gasteiger partial charge in [-0.2, -0.15) is 0 Å². The Hall–Kier alpha value is -3.08. The van der Waals surface area contributed by atoms with Crippen molar-refractivity contribution >= 4 is 29.4 Å². The minimum Gasteiger partial charge on any atom is -0.335 e. The van der Waals surface area contributed by atoms with E-state index in [1.807, 2.05) is 31.2 Å². The van der Waals surface area contributed by atoms with E-state index in [9.17, 15) is 9.59 Å². The highest BCUT2D eigenvalue weighted by Crippen LogP contribution is 2.19. The van der Waals surface area contributed by atoms with Gasteiger partial charge in [-0.1, -0.05) is 29.8 Å². The Labute approximate surface area is 147 Å². The third-order valence-electron chi connectivity index (χ3n) is 3.79. The van der Waals surface area contributed by atoms with Crippen LogP contribution in [0.4, 0.5) is 16.2 Å². The lowest BCUT2D eigenvalue weighted by Gasteiger charge is -2.08. The maximum absolute atomic E-state index is 12.0. The molecular weight excluding hydrogens is 314 g/mol. The molecule has 0 atom stereocenters. The van der Waals surface area contributed by atoms with E-state index < -0.39 is 0 Å². The predicted molar refractivity (Wildman–Crippen MR) is 100 cm³/mol. The molecule has 2 aromatic rings. The largest absolute Gasteiger partial charge is 0.335 e. The van der Waals surface area contributed by atoms with Crippen molar-refractivity contribution in [3.05, 3.63) is 65.7 Å². The Bertz CT molecular complexity index is 793. The summed E-state index contributed by atoms with van der Waals surface area (Å²) in [7, 11) is 0. The molecule has 0 radical (unpaired) electrons. The second kappa shape index (κ2) is 7.66. The van der Waals surface area contributed by atoms with Crippen molar-refractivity contribution in [2.45, 2.75) is 25.8 Å². The van der Waals surface area contributed by atoms with Crippen molar-refractivity contribution in [1.82, 2.24) is 5.32 Å². The Balaban J connectivity index is 1.51. The molecule has 128 valence electrons. The second-order valence-electron chi connectivity index (χ2n) is 6.19. The molecule has 1 fully saturated rings. The summed E-state index contributed by atoms with van der Waals surface area (Å²) in [5, 5.41) is 8.42. The summed E-state index contributed by atoms with van der Waals surface area (Å²) in [4.78, 5) is 23.7. The standard InChI is InChI=1S/C20H21N3O2/c1-14-3-2-4-15(13-14)5-12-19(24)21-16-6-8-17(9-7-16)22-20(25)23-18-10-11-18/h2-9,12-13,18H,10-11H2,1H3,(H,21,24)(H2,22,23,25)/b12-5+. The molecule has 0 aliphatic heterocycles. The van der Waals surface area contributed by atoms with Crippen molar-refractivity contribution in [3.8, 4) is 0 Å². The topological polar surface area (TPSA) is 70.2 Å². The van der Waals surface area contributed by atoms with Gasteiger partial charge in [0.25, 0.3) is 0 Å². The van der Waals surface area contributed by atoms with E-state index in [1.165, 1.54) is 6.08 Å². The maximum Gasteiger partial charge on any atom is 0.319 e. The van der Waals surface area contributed by atoms with Gasteiger partial charge in [-0.25, -0.2) is 4.79 Å². The summed E-state index contributed by atoms with van der Waals surface area (Å²) in [6.45, 7) is 2.01. The van der Waals surface area contributed by atoms with E-state index in [4.69, 9.17) is 0 Å². The quantitative estimate of drug-likeness (QED) is 0.725. The van der Waals surface area contributed by atoms with Crippen LogP contribution < -0.4 is 16.0 Å². The number of hydrogen-bond donors (Lipinski definition) is 3. The lowest BCUT2D eigenvalue weighted by atomic mass is 10.1. The van der Waals surface area contributed by atoms with Crippen LogP contribution in [0.25, 0.3) is 6.08 Å². The molecule has 1 saturated carbocycles. The third kappa shape index (κ3) is 5.49. The number of aryl methyl sites for hydroxylation is 1. The number of carbonyl (C=O) groups excluding carboxylic acids is 2. The number of nitrogens with one attached hydrogen (secondary N) is 3. The summed E-state index contributed by atoms with van der Waals surface area (Å²) < 4.78 is 0. The number of carbonyl (C=O) groups is 2. The van der Waals surface area contributed by atoms with Crippen LogP contribution in [0, 0.1) is 6.92 Å². The first-order valence-corrected chi connectivity index (χ1v) is 8.32. The monoisotopic (exact) mass is 335 g/mol. The van der Waals surface area contributed by atoms with E-state index >= 15 is 0 Å². The lowest BCUT2D eigenvalue weighted by molar-refractivity contribution is -0.111. The summed E-state index contributed by atoms with van der Waals surface area (Å²) >= 11 is 0. The first-order chi connectivity index (χ1) is 12.1. The number of urea groups is 1. The normalized spacial score (nSPS) is 13.5. The molecule has 1 aliphatic carbocycles. The molecule has 0 bridgehead atoms. The molecule has 2 aromatic carbocycles. The molecule has 5 heteroatoms. The highest BCUT2D eigenvalue weighted by atomic mass is 16.2. The number of benzene rings is 2. The van der Waals surface area contributed by atoms with Gasteiger partial charge in [-0.15, -0.1) is 0 Å². The number of amides is 3. The molecule has 3 N–H and O–H groups in total. The molecule has 0 heterocycles. The maximum atomic E-state index is 12.0. The molecule has 0 unspecified atom stereocenters. The van der Waals surface area contributed by atoms with Crippen LogP contribution in [0.15, 0.2) is 54.6 Å². The van der Waals surface area contributed by atoms with Crippen LogP contribution in [0.2, 0.25) is 0 Å². The first kappa shape index (κ1) is 16.8. The number of hydrogen-bond acceptors (Lipinski definition) is 2. The average molecular weight is 335 g/mol. The highest BCUT2D eigenvalue weighted by molar-refractivity contribution is 6.02. The Morgan fingerprint density at radius 1 is 1.00 bits per heavy atom. The van der Waals surface area contributed by atoms with E-state index in [1.54, 1.807) is 30.3 Å². The van der Waals surface area contributed by atoms with Gasteiger partial charge in [-0.05, 0) is 55.7 Å².